The quantitative estimate of drug-likeness (QED) is 0.180. The average molecular weight is 648 g/mol. The second-order valence-electron chi connectivity index (χ2n) is 10.1. The average Bonchev–Trinajstić information content (AvgIpc) is 3.20. The fourth-order valence-corrected chi connectivity index (χ4v) is 5.63. The SMILES string of the molecule is COC.CS(=O)(=O)C1=CC=C(c2ccc(/C=C/c3nc(-c4ccc(Cl)cc4Cl)cn3Cc3ccc(C=O)cc3)cc2)CC=C1. The molecule has 0 unspecified atom stereocenters. The normalized spacial score (nSPS) is 13.1. The highest BCUT2D eigenvalue weighted by Gasteiger charge is 2.13. The Morgan fingerprint density at radius 1 is 0.932 bits per heavy atom. The lowest BCUT2D eigenvalue weighted by atomic mass is 10.0. The van der Waals surface area contributed by atoms with Gasteiger partial charge < -0.3 is 9.30 Å². The van der Waals surface area contributed by atoms with Gasteiger partial charge in [-0.3, -0.25) is 4.79 Å². The summed E-state index contributed by atoms with van der Waals surface area (Å²) in [6.45, 7) is 0.556. The van der Waals surface area contributed by atoms with E-state index in [2.05, 4.69) is 4.74 Å². The maximum atomic E-state index is 11.9. The number of hydrogen-bond acceptors (Lipinski definition) is 5. The topological polar surface area (TPSA) is 78.3 Å². The lowest BCUT2D eigenvalue weighted by molar-refractivity contribution is 0.112. The van der Waals surface area contributed by atoms with E-state index in [9.17, 15) is 13.2 Å². The number of allylic oxidation sites excluding steroid dienone is 5. The number of aromatic nitrogens is 2. The molecule has 0 N–H and O–H groups in total. The highest BCUT2D eigenvalue weighted by Crippen LogP contribution is 2.31. The summed E-state index contributed by atoms with van der Waals surface area (Å²) in [5, 5.41) is 1.07. The molecule has 6 nitrogen and oxygen atoms in total. The van der Waals surface area contributed by atoms with E-state index in [1.165, 1.54) is 6.26 Å². The highest BCUT2D eigenvalue weighted by atomic mass is 35.5. The third-order valence-corrected chi connectivity index (χ3v) is 8.36. The number of sulfone groups is 1. The van der Waals surface area contributed by atoms with Gasteiger partial charge in [0.15, 0.2) is 9.84 Å². The summed E-state index contributed by atoms with van der Waals surface area (Å²) in [5.41, 5.74) is 6.21. The van der Waals surface area contributed by atoms with Gasteiger partial charge in [0.05, 0.1) is 15.6 Å². The number of rotatable bonds is 8. The molecule has 3 aromatic carbocycles. The smallest absolute Gasteiger partial charge is 0.175 e. The molecule has 1 heterocycles. The van der Waals surface area contributed by atoms with Gasteiger partial charge in [0, 0.05) is 49.4 Å². The molecule has 226 valence electrons. The number of nitrogens with zero attached hydrogens (tertiary/aromatic N) is 2. The molecule has 0 amide bonds. The summed E-state index contributed by atoms with van der Waals surface area (Å²) in [6.07, 6.45) is 15.6. The van der Waals surface area contributed by atoms with E-state index < -0.39 is 9.84 Å². The van der Waals surface area contributed by atoms with Crippen LogP contribution in [0.25, 0.3) is 29.0 Å². The molecule has 1 aliphatic rings. The van der Waals surface area contributed by atoms with Gasteiger partial charge in [0.1, 0.15) is 12.1 Å². The fourth-order valence-electron chi connectivity index (χ4n) is 4.46. The van der Waals surface area contributed by atoms with Crippen molar-refractivity contribution in [1.82, 2.24) is 9.55 Å². The fraction of sp³-hybridized carbons (Fsp3) is 0.143. The number of ether oxygens (including phenoxy) is 1. The van der Waals surface area contributed by atoms with E-state index in [-0.39, 0.29) is 0 Å². The Bertz CT molecular complexity index is 1850. The zero-order chi connectivity index (χ0) is 31.7. The van der Waals surface area contributed by atoms with E-state index in [1.54, 1.807) is 50.6 Å². The van der Waals surface area contributed by atoms with Crippen LogP contribution in [0.5, 0.6) is 0 Å². The molecule has 1 aliphatic carbocycles. The number of carbonyl (C=O) groups excluding carboxylic acids is 1. The van der Waals surface area contributed by atoms with Crippen molar-refractivity contribution < 1.29 is 17.9 Å². The number of imidazole rings is 1. The van der Waals surface area contributed by atoms with Crippen molar-refractivity contribution >= 4 is 57.1 Å². The van der Waals surface area contributed by atoms with Crippen molar-refractivity contribution in [1.29, 1.82) is 0 Å². The predicted octanol–water partition coefficient (Wildman–Crippen LogP) is 8.42. The molecule has 1 aromatic heterocycles. The lowest BCUT2D eigenvalue weighted by Crippen LogP contribution is -2.01. The maximum absolute atomic E-state index is 11.9. The highest BCUT2D eigenvalue weighted by molar-refractivity contribution is 7.94. The molecule has 4 aromatic rings. The summed E-state index contributed by atoms with van der Waals surface area (Å²) >= 11 is 12.6. The molecule has 0 saturated carbocycles. The van der Waals surface area contributed by atoms with Gasteiger partial charge in [0.25, 0.3) is 0 Å². The van der Waals surface area contributed by atoms with Crippen LogP contribution in [0.15, 0.2) is 102 Å². The van der Waals surface area contributed by atoms with Crippen LogP contribution in [0.4, 0.5) is 0 Å². The first-order valence-corrected chi connectivity index (χ1v) is 16.3. The molecule has 0 bridgehead atoms. The van der Waals surface area contributed by atoms with Crippen LogP contribution in [0, 0.1) is 0 Å². The van der Waals surface area contributed by atoms with Crippen LogP contribution in [0.2, 0.25) is 10.0 Å². The molecule has 0 fully saturated rings. The van der Waals surface area contributed by atoms with Crippen molar-refractivity contribution in [3.63, 3.8) is 0 Å². The summed E-state index contributed by atoms with van der Waals surface area (Å²) in [5.74, 6) is 0.740. The Morgan fingerprint density at radius 3 is 2.25 bits per heavy atom. The van der Waals surface area contributed by atoms with E-state index in [4.69, 9.17) is 28.2 Å². The monoisotopic (exact) mass is 646 g/mol. The number of hydrogen-bond donors (Lipinski definition) is 0. The standard InChI is InChI=1S/C33H26Cl2N2O3S.C2H6O/c1-41(39,40)29-4-2-3-26(14-16-29)27-12-9-23(10-13-27)11-18-33-36-32(30-17-15-28(34)19-31(30)35)21-37(33)20-24-5-7-25(22-38)8-6-24;1-3-2/h2,4-19,21-22H,3,20H2,1H3;1-2H3/b18-11+;. The molecular formula is C35H32Cl2N2O4S. The summed E-state index contributed by atoms with van der Waals surface area (Å²) in [4.78, 5) is 16.2. The van der Waals surface area contributed by atoms with Gasteiger partial charge in [-0.1, -0.05) is 90.0 Å². The van der Waals surface area contributed by atoms with Crippen molar-refractivity contribution in [2.75, 3.05) is 20.5 Å². The molecule has 0 spiro atoms. The van der Waals surface area contributed by atoms with Crippen LogP contribution >= 0.6 is 23.2 Å². The van der Waals surface area contributed by atoms with Gasteiger partial charge in [-0.05, 0) is 65.1 Å². The molecular weight excluding hydrogens is 615 g/mol. The van der Waals surface area contributed by atoms with Gasteiger partial charge in [0.2, 0.25) is 0 Å². The van der Waals surface area contributed by atoms with Crippen molar-refractivity contribution in [2.24, 2.45) is 0 Å². The van der Waals surface area contributed by atoms with Crippen molar-refractivity contribution in [3.8, 4) is 11.3 Å². The minimum Gasteiger partial charge on any atom is -0.388 e. The summed E-state index contributed by atoms with van der Waals surface area (Å²) in [6, 6.07) is 20.9. The van der Waals surface area contributed by atoms with Gasteiger partial charge in [-0.25, -0.2) is 13.4 Å². The van der Waals surface area contributed by atoms with E-state index in [0.29, 0.717) is 33.5 Å². The summed E-state index contributed by atoms with van der Waals surface area (Å²) in [7, 11) is -0.00708. The summed E-state index contributed by atoms with van der Waals surface area (Å²) < 4.78 is 30.1. The number of halogens is 2. The number of benzene rings is 3. The zero-order valence-electron chi connectivity index (χ0n) is 24.6. The van der Waals surface area contributed by atoms with Crippen LogP contribution in [-0.2, 0) is 21.1 Å². The first-order valence-electron chi connectivity index (χ1n) is 13.6. The largest absolute Gasteiger partial charge is 0.388 e. The van der Waals surface area contributed by atoms with E-state index in [0.717, 1.165) is 45.6 Å². The molecule has 9 heteroatoms. The Morgan fingerprint density at radius 2 is 1.61 bits per heavy atom. The Labute approximate surface area is 268 Å². The van der Waals surface area contributed by atoms with Gasteiger partial charge >= 0.3 is 0 Å². The molecule has 0 radical (unpaired) electrons. The molecule has 44 heavy (non-hydrogen) atoms. The minimum atomic E-state index is -3.26. The Kier molecular flexibility index (Phi) is 11.3. The molecule has 0 saturated heterocycles. The maximum Gasteiger partial charge on any atom is 0.175 e. The zero-order valence-corrected chi connectivity index (χ0v) is 26.9. The predicted molar refractivity (Wildman–Crippen MR) is 182 cm³/mol. The van der Waals surface area contributed by atoms with Gasteiger partial charge in [-0.2, -0.15) is 0 Å². The van der Waals surface area contributed by atoms with Gasteiger partial charge in [-0.15, -0.1) is 0 Å². The molecule has 0 aliphatic heterocycles. The number of aldehydes is 1. The Balaban J connectivity index is 0.00000141. The second-order valence-corrected chi connectivity index (χ2v) is 13.0. The molecule has 0 atom stereocenters. The van der Waals surface area contributed by atoms with Crippen LogP contribution < -0.4 is 0 Å². The van der Waals surface area contributed by atoms with Crippen molar-refractivity contribution in [3.05, 3.63) is 140 Å². The van der Waals surface area contributed by atoms with E-state index in [1.807, 2.05) is 77.5 Å². The van der Waals surface area contributed by atoms with Crippen LogP contribution in [-0.4, -0.2) is 44.7 Å². The number of carbonyl (C=O) groups is 1. The third-order valence-electron chi connectivity index (χ3n) is 6.69. The molecule has 5 rings (SSSR count). The van der Waals surface area contributed by atoms with Crippen LogP contribution in [0.1, 0.15) is 39.3 Å². The van der Waals surface area contributed by atoms with Crippen LogP contribution in [0.3, 0.4) is 0 Å². The number of methoxy groups -OCH3 is 1. The van der Waals surface area contributed by atoms with E-state index >= 15 is 0 Å². The second kappa shape index (κ2) is 15.1. The first-order chi connectivity index (χ1) is 21.1. The first kappa shape index (κ1) is 32.9. The third kappa shape index (κ3) is 8.77. The van der Waals surface area contributed by atoms with Crippen molar-refractivity contribution in [2.45, 2.75) is 13.0 Å². The lowest BCUT2D eigenvalue weighted by Gasteiger charge is -2.06. The minimum absolute atomic E-state index is 0.307. The Hall–Kier alpha value is -4.01.